The van der Waals surface area contributed by atoms with Crippen molar-refractivity contribution < 1.29 is 0 Å². The van der Waals surface area contributed by atoms with Crippen LogP contribution in [0.2, 0.25) is 0 Å². The zero-order valence-electron chi connectivity index (χ0n) is 22.3. The van der Waals surface area contributed by atoms with Crippen molar-refractivity contribution in [3.63, 3.8) is 0 Å². The Labute approximate surface area is 238 Å². The molecule has 41 heavy (non-hydrogen) atoms. The quantitative estimate of drug-likeness (QED) is 0.215. The average Bonchev–Trinajstić information content (AvgIpc) is 3.44. The van der Waals surface area contributed by atoms with Crippen molar-refractivity contribution in [1.82, 2.24) is 14.5 Å². The summed E-state index contributed by atoms with van der Waals surface area (Å²) >= 11 is 0. The molecule has 0 aliphatic carbocycles. The van der Waals surface area contributed by atoms with Gasteiger partial charge in [-0.3, -0.25) is 9.55 Å². The van der Waals surface area contributed by atoms with Crippen LogP contribution in [0, 0.1) is 0 Å². The first-order valence-electron chi connectivity index (χ1n) is 13.9. The predicted molar refractivity (Wildman–Crippen MR) is 170 cm³/mol. The molecule has 0 saturated carbocycles. The fraction of sp³-hybridized carbons (Fsp3) is 0. The van der Waals surface area contributed by atoms with E-state index < -0.39 is 0 Å². The topological polar surface area (TPSA) is 30.7 Å². The lowest BCUT2D eigenvalue weighted by Crippen LogP contribution is -2.01. The molecule has 0 fully saturated rings. The smallest absolute Gasteiger partial charge is 0.145 e. The highest BCUT2D eigenvalue weighted by Crippen LogP contribution is 2.43. The Morgan fingerprint density at radius 2 is 1.07 bits per heavy atom. The van der Waals surface area contributed by atoms with Crippen LogP contribution in [0.5, 0.6) is 0 Å². The second-order valence-corrected chi connectivity index (χ2v) is 10.2. The van der Waals surface area contributed by atoms with Gasteiger partial charge >= 0.3 is 0 Å². The summed E-state index contributed by atoms with van der Waals surface area (Å²) in [5, 5.41) is 4.78. The molecular formula is C38H25N3. The minimum absolute atomic E-state index is 0.937. The van der Waals surface area contributed by atoms with Gasteiger partial charge in [-0.1, -0.05) is 115 Å². The van der Waals surface area contributed by atoms with E-state index in [9.17, 15) is 0 Å². The van der Waals surface area contributed by atoms with E-state index in [4.69, 9.17) is 4.98 Å². The molecule has 3 heteroatoms. The van der Waals surface area contributed by atoms with Gasteiger partial charge in [0.1, 0.15) is 5.82 Å². The number of nitrogens with zero attached hydrogens (tertiary/aromatic N) is 3. The van der Waals surface area contributed by atoms with Crippen LogP contribution in [-0.4, -0.2) is 14.5 Å². The summed E-state index contributed by atoms with van der Waals surface area (Å²) < 4.78 is 2.35. The van der Waals surface area contributed by atoms with Crippen molar-refractivity contribution in [2.45, 2.75) is 0 Å². The molecule has 0 bridgehead atoms. The zero-order chi connectivity index (χ0) is 27.2. The van der Waals surface area contributed by atoms with Crippen molar-refractivity contribution in [1.29, 1.82) is 0 Å². The summed E-state index contributed by atoms with van der Waals surface area (Å²) in [6, 6.07) is 51.2. The Morgan fingerprint density at radius 1 is 0.463 bits per heavy atom. The van der Waals surface area contributed by atoms with Crippen molar-refractivity contribution in [2.75, 3.05) is 0 Å². The van der Waals surface area contributed by atoms with Gasteiger partial charge < -0.3 is 0 Å². The summed E-state index contributed by atoms with van der Waals surface area (Å²) in [5.41, 5.74) is 8.77. The summed E-state index contributed by atoms with van der Waals surface area (Å²) in [4.78, 5) is 9.77. The SMILES string of the molecule is c1ccc(-c2nc3ccccc3n2-c2c3ccccc3c(-c3cccc(-c4ccccn4)c3)c3ccccc23)cc1. The number of fused-ring (bicyclic) bond motifs is 3. The van der Waals surface area contributed by atoms with Gasteiger partial charge in [-0.2, -0.15) is 0 Å². The molecular weight excluding hydrogens is 498 g/mol. The summed E-state index contributed by atoms with van der Waals surface area (Å²) in [5.74, 6) is 0.937. The fourth-order valence-electron chi connectivity index (χ4n) is 6.06. The molecule has 0 N–H and O–H groups in total. The Morgan fingerprint density at radius 3 is 1.80 bits per heavy atom. The molecule has 0 radical (unpaired) electrons. The molecule has 3 nitrogen and oxygen atoms in total. The molecule has 2 heterocycles. The molecule has 0 amide bonds. The monoisotopic (exact) mass is 523 g/mol. The van der Waals surface area contributed by atoms with E-state index in [1.807, 2.05) is 18.3 Å². The first kappa shape index (κ1) is 23.4. The lowest BCUT2D eigenvalue weighted by atomic mass is 9.89. The van der Waals surface area contributed by atoms with Gasteiger partial charge in [0, 0.05) is 28.1 Å². The molecule has 0 aliphatic heterocycles. The molecule has 6 aromatic carbocycles. The van der Waals surface area contributed by atoms with Gasteiger partial charge in [0.25, 0.3) is 0 Å². The molecule has 0 spiro atoms. The number of para-hydroxylation sites is 2. The van der Waals surface area contributed by atoms with Gasteiger partial charge in [-0.05, 0) is 52.2 Å². The number of rotatable bonds is 4. The van der Waals surface area contributed by atoms with E-state index >= 15 is 0 Å². The lowest BCUT2D eigenvalue weighted by molar-refractivity contribution is 1.13. The lowest BCUT2D eigenvalue weighted by Gasteiger charge is -2.20. The number of hydrogen-bond donors (Lipinski definition) is 0. The number of hydrogen-bond acceptors (Lipinski definition) is 2. The second kappa shape index (κ2) is 9.58. The van der Waals surface area contributed by atoms with E-state index in [0.717, 1.165) is 39.4 Å². The van der Waals surface area contributed by atoms with Gasteiger partial charge in [0.2, 0.25) is 0 Å². The van der Waals surface area contributed by atoms with E-state index in [1.165, 1.54) is 32.7 Å². The van der Waals surface area contributed by atoms with E-state index in [1.54, 1.807) is 0 Å². The predicted octanol–water partition coefficient (Wildman–Crippen LogP) is 9.73. The minimum atomic E-state index is 0.937. The average molecular weight is 524 g/mol. The summed E-state index contributed by atoms with van der Waals surface area (Å²) in [6.45, 7) is 0. The fourth-order valence-corrected chi connectivity index (χ4v) is 6.06. The molecule has 0 saturated heterocycles. The standard InChI is InChI=1S/C38H25N3/c1-2-13-26(14-3-1)38-40-34-22-8-9-23-35(34)41(38)37-31-19-6-4-17-29(31)36(30-18-5-7-20-32(30)37)28-16-12-15-27(25-28)33-21-10-11-24-39-33/h1-25H. The third kappa shape index (κ3) is 3.82. The third-order valence-corrected chi connectivity index (χ3v) is 7.83. The Balaban J connectivity index is 1.50. The van der Waals surface area contributed by atoms with Crippen LogP contribution in [0.4, 0.5) is 0 Å². The van der Waals surface area contributed by atoms with Crippen molar-refractivity contribution in [2.24, 2.45) is 0 Å². The van der Waals surface area contributed by atoms with Crippen LogP contribution >= 0.6 is 0 Å². The first-order valence-corrected chi connectivity index (χ1v) is 13.9. The summed E-state index contributed by atoms with van der Waals surface area (Å²) in [6.07, 6.45) is 1.85. The second-order valence-electron chi connectivity index (χ2n) is 10.2. The van der Waals surface area contributed by atoms with E-state index in [0.29, 0.717) is 0 Å². The highest BCUT2D eigenvalue weighted by Gasteiger charge is 2.21. The number of imidazole rings is 1. The summed E-state index contributed by atoms with van der Waals surface area (Å²) in [7, 11) is 0. The molecule has 8 aromatic rings. The van der Waals surface area contributed by atoms with Crippen molar-refractivity contribution >= 4 is 32.6 Å². The maximum absolute atomic E-state index is 5.15. The normalized spacial score (nSPS) is 11.4. The van der Waals surface area contributed by atoms with Crippen molar-refractivity contribution in [3.8, 4) is 39.5 Å². The maximum atomic E-state index is 5.15. The maximum Gasteiger partial charge on any atom is 0.145 e. The molecule has 0 aliphatic rings. The molecule has 192 valence electrons. The number of pyridine rings is 1. The largest absolute Gasteiger partial charge is 0.291 e. The molecule has 0 atom stereocenters. The van der Waals surface area contributed by atoms with Gasteiger partial charge in [0.15, 0.2) is 0 Å². The highest BCUT2D eigenvalue weighted by atomic mass is 15.1. The van der Waals surface area contributed by atoms with Gasteiger partial charge in [0.05, 0.1) is 22.4 Å². The molecule has 0 unspecified atom stereocenters. The van der Waals surface area contributed by atoms with Gasteiger partial charge in [-0.25, -0.2) is 4.98 Å². The van der Waals surface area contributed by atoms with Crippen LogP contribution in [0.1, 0.15) is 0 Å². The third-order valence-electron chi connectivity index (χ3n) is 7.83. The minimum Gasteiger partial charge on any atom is -0.291 e. The zero-order valence-corrected chi connectivity index (χ0v) is 22.3. The van der Waals surface area contributed by atoms with Crippen LogP contribution in [0.3, 0.4) is 0 Å². The Bertz CT molecular complexity index is 2140. The number of aromatic nitrogens is 3. The Hall–Kier alpha value is -5.54. The van der Waals surface area contributed by atoms with E-state index in [-0.39, 0.29) is 0 Å². The number of benzene rings is 6. The van der Waals surface area contributed by atoms with Crippen LogP contribution in [-0.2, 0) is 0 Å². The van der Waals surface area contributed by atoms with E-state index in [2.05, 4.69) is 143 Å². The Kier molecular flexibility index (Phi) is 5.46. The van der Waals surface area contributed by atoms with Crippen LogP contribution in [0.15, 0.2) is 152 Å². The first-order chi connectivity index (χ1) is 20.4. The van der Waals surface area contributed by atoms with Crippen LogP contribution < -0.4 is 0 Å². The molecule has 2 aromatic heterocycles. The van der Waals surface area contributed by atoms with Crippen LogP contribution in [0.25, 0.3) is 72.0 Å². The highest BCUT2D eigenvalue weighted by molar-refractivity contribution is 6.19. The molecule has 8 rings (SSSR count). The van der Waals surface area contributed by atoms with Crippen molar-refractivity contribution in [3.05, 3.63) is 152 Å². The van der Waals surface area contributed by atoms with Gasteiger partial charge in [-0.15, -0.1) is 0 Å².